The summed E-state index contributed by atoms with van der Waals surface area (Å²) in [5.41, 5.74) is 0.807. The van der Waals surface area contributed by atoms with E-state index < -0.39 is 17.2 Å². The summed E-state index contributed by atoms with van der Waals surface area (Å²) in [6.45, 7) is 6.42. The van der Waals surface area contributed by atoms with Crippen LogP contribution in [0.5, 0.6) is 0 Å². The Bertz CT molecular complexity index is 876. The summed E-state index contributed by atoms with van der Waals surface area (Å²) in [5.74, 6) is -0.353. The lowest BCUT2D eigenvalue weighted by Crippen LogP contribution is -2.72. The Kier molecular flexibility index (Phi) is 7.88. The lowest BCUT2D eigenvalue weighted by Gasteiger charge is -2.47. The summed E-state index contributed by atoms with van der Waals surface area (Å²) in [4.78, 5) is 24.9. The molecule has 1 atom stereocenters. The minimum Gasteiger partial charge on any atom is -0.459 e. The number of carbonyl (C=O) groups is 2. The molecule has 1 saturated heterocycles. The van der Waals surface area contributed by atoms with Crippen LogP contribution in [0, 0.1) is 0 Å². The van der Waals surface area contributed by atoms with Crippen LogP contribution < -0.4 is 10.6 Å². The van der Waals surface area contributed by atoms with E-state index in [2.05, 4.69) is 10.6 Å². The molecule has 1 heterocycles. The lowest BCUT2D eigenvalue weighted by molar-refractivity contribution is -0.156. The van der Waals surface area contributed by atoms with Crippen molar-refractivity contribution >= 4 is 12.1 Å². The van der Waals surface area contributed by atoms with Crippen LogP contribution in [-0.2, 0) is 32.0 Å². The van der Waals surface area contributed by atoms with Crippen LogP contribution in [0.1, 0.15) is 31.9 Å². The monoisotopic (exact) mass is 440 g/mol. The van der Waals surface area contributed by atoms with Crippen LogP contribution in [0.15, 0.2) is 60.7 Å². The highest BCUT2D eigenvalue weighted by atomic mass is 16.6. The van der Waals surface area contributed by atoms with Gasteiger partial charge in [0, 0.05) is 0 Å². The number of nitrogens with one attached hydrogen (secondary N) is 2. The average molecular weight is 441 g/mol. The Morgan fingerprint density at radius 3 is 2.12 bits per heavy atom. The van der Waals surface area contributed by atoms with Gasteiger partial charge in [-0.3, -0.25) is 10.1 Å². The molecule has 2 aromatic rings. The molecule has 0 aliphatic carbocycles. The summed E-state index contributed by atoms with van der Waals surface area (Å²) in [5, 5.41) is 6.28. The van der Waals surface area contributed by atoms with Crippen LogP contribution in [0.3, 0.4) is 0 Å². The third-order valence-corrected chi connectivity index (χ3v) is 5.18. The van der Waals surface area contributed by atoms with E-state index in [1.807, 2.05) is 81.4 Å². The fourth-order valence-corrected chi connectivity index (χ4v) is 3.52. The second-order valence-electron chi connectivity index (χ2n) is 9.04. The van der Waals surface area contributed by atoms with E-state index in [0.717, 1.165) is 11.1 Å². The quantitative estimate of drug-likeness (QED) is 0.583. The van der Waals surface area contributed by atoms with Gasteiger partial charge in [0.05, 0.1) is 31.3 Å². The van der Waals surface area contributed by atoms with Crippen molar-refractivity contribution in [1.82, 2.24) is 10.6 Å². The van der Waals surface area contributed by atoms with Crippen molar-refractivity contribution < 1.29 is 23.8 Å². The number of rotatable bonds is 9. The maximum Gasteiger partial charge on any atom is 0.407 e. The maximum atomic E-state index is 12.6. The highest BCUT2D eigenvalue weighted by molar-refractivity contribution is 5.72. The molecule has 1 fully saturated rings. The van der Waals surface area contributed by atoms with Gasteiger partial charge in [-0.15, -0.1) is 0 Å². The Morgan fingerprint density at radius 2 is 1.59 bits per heavy atom. The van der Waals surface area contributed by atoms with Gasteiger partial charge in [0.25, 0.3) is 0 Å². The fraction of sp³-hybridized carbons (Fsp3) is 0.440. The molecule has 172 valence electrons. The summed E-state index contributed by atoms with van der Waals surface area (Å²) in [6.07, 6.45) is 0.0477. The Balaban J connectivity index is 1.67. The number of esters is 1. The van der Waals surface area contributed by atoms with Crippen molar-refractivity contribution in [2.45, 2.75) is 51.0 Å². The first kappa shape index (κ1) is 23.8. The summed E-state index contributed by atoms with van der Waals surface area (Å²) in [6, 6.07) is 19.0. The van der Waals surface area contributed by atoms with Gasteiger partial charge < -0.3 is 19.5 Å². The molecule has 0 unspecified atom stereocenters. The van der Waals surface area contributed by atoms with Gasteiger partial charge in [-0.1, -0.05) is 60.7 Å². The minimum atomic E-state index is -0.599. The van der Waals surface area contributed by atoms with Crippen molar-refractivity contribution in [3.8, 4) is 0 Å². The largest absolute Gasteiger partial charge is 0.459 e. The van der Waals surface area contributed by atoms with Crippen LogP contribution in [0.2, 0.25) is 0 Å². The van der Waals surface area contributed by atoms with Gasteiger partial charge in [-0.25, -0.2) is 4.79 Å². The SMILES string of the molecule is CC(C)(C)OC(=O)CNC1([C@H](Cc2ccccc2)NC(=O)OCc2ccccc2)COC1. The number of hydrogen-bond donors (Lipinski definition) is 2. The number of benzene rings is 2. The Morgan fingerprint density at radius 1 is 1.00 bits per heavy atom. The van der Waals surface area contributed by atoms with E-state index in [-0.39, 0.29) is 25.2 Å². The number of alkyl carbamates (subject to hydrolysis) is 1. The van der Waals surface area contributed by atoms with Crippen molar-refractivity contribution in [1.29, 1.82) is 0 Å². The third-order valence-electron chi connectivity index (χ3n) is 5.18. The first-order chi connectivity index (χ1) is 15.3. The van der Waals surface area contributed by atoms with Crippen molar-refractivity contribution in [3.63, 3.8) is 0 Å². The Labute approximate surface area is 189 Å². The van der Waals surface area contributed by atoms with E-state index >= 15 is 0 Å². The molecule has 2 aromatic carbocycles. The molecule has 2 N–H and O–H groups in total. The number of carbonyl (C=O) groups excluding carboxylic acids is 2. The molecule has 3 rings (SSSR count). The van der Waals surface area contributed by atoms with Crippen LogP contribution >= 0.6 is 0 Å². The normalized spacial score (nSPS) is 15.8. The lowest BCUT2D eigenvalue weighted by atomic mass is 9.84. The van der Waals surface area contributed by atoms with Crippen molar-refractivity contribution in [3.05, 3.63) is 71.8 Å². The van der Waals surface area contributed by atoms with E-state index in [0.29, 0.717) is 19.6 Å². The molecule has 0 radical (unpaired) electrons. The van der Waals surface area contributed by atoms with Gasteiger partial charge in [-0.2, -0.15) is 0 Å². The summed E-state index contributed by atoms with van der Waals surface area (Å²) < 4.78 is 16.3. The maximum absolute atomic E-state index is 12.6. The predicted molar refractivity (Wildman–Crippen MR) is 121 cm³/mol. The number of amides is 1. The smallest absolute Gasteiger partial charge is 0.407 e. The highest BCUT2D eigenvalue weighted by Crippen LogP contribution is 2.25. The van der Waals surface area contributed by atoms with E-state index in [1.54, 1.807) is 0 Å². The molecule has 7 nitrogen and oxygen atoms in total. The highest BCUT2D eigenvalue weighted by Gasteiger charge is 2.47. The van der Waals surface area contributed by atoms with Gasteiger partial charge in [0.2, 0.25) is 0 Å². The zero-order valence-corrected chi connectivity index (χ0v) is 18.9. The zero-order chi connectivity index (χ0) is 23.0. The number of hydrogen-bond acceptors (Lipinski definition) is 6. The van der Waals surface area contributed by atoms with E-state index in [9.17, 15) is 9.59 Å². The molecule has 1 aliphatic heterocycles. The molecule has 32 heavy (non-hydrogen) atoms. The molecule has 1 aliphatic rings. The second-order valence-corrected chi connectivity index (χ2v) is 9.04. The first-order valence-corrected chi connectivity index (χ1v) is 10.8. The molecular formula is C25H32N2O5. The van der Waals surface area contributed by atoms with Gasteiger partial charge >= 0.3 is 12.1 Å². The predicted octanol–water partition coefficient (Wildman–Crippen LogP) is 3.22. The molecular weight excluding hydrogens is 408 g/mol. The zero-order valence-electron chi connectivity index (χ0n) is 18.9. The average Bonchev–Trinajstić information content (AvgIpc) is 2.71. The van der Waals surface area contributed by atoms with E-state index in [4.69, 9.17) is 14.2 Å². The van der Waals surface area contributed by atoms with Crippen LogP contribution in [-0.4, -0.2) is 49.0 Å². The second kappa shape index (κ2) is 10.6. The molecule has 0 bridgehead atoms. The topological polar surface area (TPSA) is 85.9 Å². The molecule has 7 heteroatoms. The van der Waals surface area contributed by atoms with Gasteiger partial charge in [0.15, 0.2) is 0 Å². The minimum absolute atomic E-state index is 0.0205. The number of ether oxygens (including phenoxy) is 3. The summed E-state index contributed by atoms with van der Waals surface area (Å²) >= 11 is 0. The summed E-state index contributed by atoms with van der Waals surface area (Å²) in [7, 11) is 0. The first-order valence-electron chi connectivity index (χ1n) is 10.8. The van der Waals surface area contributed by atoms with Crippen molar-refractivity contribution in [2.24, 2.45) is 0 Å². The molecule has 0 spiro atoms. The standard InChI is InChI=1S/C25H32N2O5/c1-24(2,3)32-22(28)15-26-25(17-30-18-25)21(14-19-10-6-4-7-11-19)27-23(29)31-16-20-12-8-5-9-13-20/h4-13,21,26H,14-18H2,1-3H3,(H,27,29)/t21-/m0/s1. The Hall–Kier alpha value is -2.90. The van der Waals surface area contributed by atoms with Crippen molar-refractivity contribution in [2.75, 3.05) is 19.8 Å². The molecule has 1 amide bonds. The van der Waals surface area contributed by atoms with Crippen LogP contribution in [0.4, 0.5) is 4.79 Å². The third kappa shape index (κ3) is 7.07. The van der Waals surface area contributed by atoms with Crippen LogP contribution in [0.25, 0.3) is 0 Å². The van der Waals surface area contributed by atoms with Gasteiger partial charge in [0.1, 0.15) is 12.2 Å². The molecule has 0 aromatic heterocycles. The fourth-order valence-electron chi connectivity index (χ4n) is 3.52. The van der Waals surface area contributed by atoms with E-state index in [1.165, 1.54) is 0 Å². The van der Waals surface area contributed by atoms with Gasteiger partial charge in [-0.05, 0) is 38.3 Å². The molecule has 0 saturated carbocycles.